The molecular formula is C14H11F3O3S. The minimum atomic E-state index is -3.50. The Hall–Kier alpha value is -1.86. The van der Waals surface area contributed by atoms with E-state index in [0.29, 0.717) is 6.07 Å². The molecule has 0 aliphatic rings. The maximum atomic E-state index is 13.6. The van der Waals surface area contributed by atoms with E-state index in [-0.39, 0.29) is 10.5 Å². The van der Waals surface area contributed by atoms with Gasteiger partial charge in [0.25, 0.3) is 0 Å². The first-order valence-corrected chi connectivity index (χ1v) is 7.72. The van der Waals surface area contributed by atoms with Gasteiger partial charge in [-0.3, -0.25) is 0 Å². The molecular weight excluding hydrogens is 305 g/mol. The smallest absolute Gasteiger partial charge is 0.194 e. The molecule has 0 saturated heterocycles. The Morgan fingerprint density at radius 3 is 2.33 bits per heavy atom. The van der Waals surface area contributed by atoms with E-state index >= 15 is 0 Å². The van der Waals surface area contributed by atoms with Crippen LogP contribution in [-0.2, 0) is 9.84 Å². The first-order chi connectivity index (χ1) is 9.71. The van der Waals surface area contributed by atoms with Crippen LogP contribution in [0.2, 0.25) is 0 Å². The van der Waals surface area contributed by atoms with E-state index in [2.05, 4.69) is 0 Å². The minimum absolute atomic E-state index is 0.0582. The number of halogens is 3. The first kappa shape index (κ1) is 15.5. The van der Waals surface area contributed by atoms with Crippen molar-refractivity contribution >= 4 is 9.84 Å². The monoisotopic (exact) mass is 316 g/mol. The number of hydrogen-bond acceptors (Lipinski definition) is 3. The van der Waals surface area contributed by atoms with Crippen molar-refractivity contribution in [2.45, 2.75) is 11.0 Å². The second kappa shape index (κ2) is 5.50. The molecule has 112 valence electrons. The summed E-state index contributed by atoms with van der Waals surface area (Å²) >= 11 is 0. The Bertz CT molecular complexity index is 788. The van der Waals surface area contributed by atoms with Crippen molar-refractivity contribution in [2.24, 2.45) is 0 Å². The molecule has 0 spiro atoms. The van der Waals surface area contributed by atoms with Crippen molar-refractivity contribution in [2.75, 3.05) is 6.26 Å². The van der Waals surface area contributed by atoms with Gasteiger partial charge in [0, 0.05) is 11.8 Å². The van der Waals surface area contributed by atoms with Gasteiger partial charge in [-0.1, -0.05) is 18.2 Å². The number of aliphatic hydroxyl groups excluding tert-OH is 1. The lowest BCUT2D eigenvalue weighted by atomic mass is 10.0. The number of sulfone groups is 1. The quantitative estimate of drug-likeness (QED) is 0.886. The van der Waals surface area contributed by atoms with Crippen molar-refractivity contribution in [3.63, 3.8) is 0 Å². The van der Waals surface area contributed by atoms with Gasteiger partial charge in [0.15, 0.2) is 27.3 Å². The van der Waals surface area contributed by atoms with Crippen LogP contribution in [0, 0.1) is 17.5 Å². The zero-order chi connectivity index (χ0) is 15.8. The highest BCUT2D eigenvalue weighted by molar-refractivity contribution is 7.90. The van der Waals surface area contributed by atoms with E-state index in [4.69, 9.17) is 0 Å². The van der Waals surface area contributed by atoms with Crippen LogP contribution in [-0.4, -0.2) is 19.8 Å². The second-order valence-corrected chi connectivity index (χ2v) is 6.53. The zero-order valence-electron chi connectivity index (χ0n) is 10.8. The molecule has 0 heterocycles. The Balaban J connectivity index is 2.51. The number of rotatable bonds is 3. The van der Waals surface area contributed by atoms with Gasteiger partial charge < -0.3 is 5.11 Å². The van der Waals surface area contributed by atoms with E-state index < -0.39 is 39.0 Å². The standard InChI is InChI=1S/C14H11F3O3S/c1-21(19,20)9-4-2-3-8(7-9)14(18)10-5-6-11(15)13(17)12(10)16/h2-7,14,18H,1H3. The molecule has 2 aromatic carbocycles. The molecule has 0 aliphatic heterocycles. The predicted octanol–water partition coefficient (Wildman–Crippen LogP) is 2.59. The van der Waals surface area contributed by atoms with E-state index in [1.807, 2.05) is 0 Å². The lowest BCUT2D eigenvalue weighted by Crippen LogP contribution is -2.07. The molecule has 0 fully saturated rings. The van der Waals surface area contributed by atoms with Crippen molar-refractivity contribution in [3.05, 3.63) is 65.0 Å². The summed E-state index contributed by atoms with van der Waals surface area (Å²) in [4.78, 5) is -0.0676. The Morgan fingerprint density at radius 2 is 1.71 bits per heavy atom. The highest BCUT2D eigenvalue weighted by Crippen LogP contribution is 2.28. The summed E-state index contributed by atoms with van der Waals surface area (Å²) in [6.07, 6.45) is -0.627. The van der Waals surface area contributed by atoms with Gasteiger partial charge in [0.05, 0.1) is 4.90 Å². The summed E-state index contributed by atoms with van der Waals surface area (Å²) < 4.78 is 62.6. The average Bonchev–Trinajstić information content (AvgIpc) is 2.43. The third-order valence-corrected chi connectivity index (χ3v) is 4.07. The molecule has 0 aliphatic carbocycles. The number of hydrogen-bond donors (Lipinski definition) is 1. The summed E-state index contributed by atoms with van der Waals surface area (Å²) in [6, 6.07) is 6.80. The summed E-state index contributed by atoms with van der Waals surface area (Å²) in [5.41, 5.74) is -0.414. The lowest BCUT2D eigenvalue weighted by molar-refractivity contribution is 0.212. The largest absolute Gasteiger partial charge is 0.384 e. The fourth-order valence-electron chi connectivity index (χ4n) is 1.85. The van der Waals surface area contributed by atoms with Crippen LogP contribution in [0.3, 0.4) is 0 Å². The lowest BCUT2D eigenvalue weighted by Gasteiger charge is -2.14. The summed E-state index contributed by atoms with van der Waals surface area (Å²) in [5, 5.41) is 10.1. The Kier molecular flexibility index (Phi) is 4.06. The normalized spacial score (nSPS) is 13.2. The second-order valence-electron chi connectivity index (χ2n) is 4.51. The maximum absolute atomic E-state index is 13.6. The zero-order valence-corrected chi connectivity index (χ0v) is 11.7. The van der Waals surface area contributed by atoms with Gasteiger partial charge in [-0.15, -0.1) is 0 Å². The first-order valence-electron chi connectivity index (χ1n) is 5.83. The van der Waals surface area contributed by atoms with Gasteiger partial charge in [0.1, 0.15) is 6.10 Å². The SMILES string of the molecule is CS(=O)(=O)c1cccc(C(O)c2ccc(F)c(F)c2F)c1. The van der Waals surface area contributed by atoms with E-state index in [1.54, 1.807) is 0 Å². The van der Waals surface area contributed by atoms with Crippen LogP contribution in [0.15, 0.2) is 41.3 Å². The average molecular weight is 316 g/mol. The molecule has 1 atom stereocenters. The van der Waals surface area contributed by atoms with E-state index in [1.165, 1.54) is 18.2 Å². The molecule has 21 heavy (non-hydrogen) atoms. The van der Waals surface area contributed by atoms with Gasteiger partial charge >= 0.3 is 0 Å². The van der Waals surface area contributed by atoms with E-state index in [0.717, 1.165) is 18.4 Å². The molecule has 0 amide bonds. The van der Waals surface area contributed by atoms with Crippen molar-refractivity contribution in [1.29, 1.82) is 0 Å². The summed E-state index contributed by atoms with van der Waals surface area (Å²) in [6.45, 7) is 0. The van der Waals surface area contributed by atoms with E-state index in [9.17, 15) is 26.7 Å². The van der Waals surface area contributed by atoms with Gasteiger partial charge in [-0.25, -0.2) is 21.6 Å². The molecule has 0 bridgehead atoms. The molecule has 0 saturated carbocycles. The Labute approximate surface area is 119 Å². The van der Waals surface area contributed by atoms with Gasteiger partial charge in [-0.05, 0) is 23.8 Å². The van der Waals surface area contributed by atoms with Crippen molar-refractivity contribution in [1.82, 2.24) is 0 Å². The Morgan fingerprint density at radius 1 is 1.05 bits per heavy atom. The predicted molar refractivity (Wildman–Crippen MR) is 69.9 cm³/mol. The molecule has 0 radical (unpaired) electrons. The minimum Gasteiger partial charge on any atom is -0.384 e. The molecule has 7 heteroatoms. The fourth-order valence-corrected chi connectivity index (χ4v) is 2.52. The number of aliphatic hydroxyl groups is 1. The highest BCUT2D eigenvalue weighted by Gasteiger charge is 2.21. The summed E-state index contributed by atoms with van der Waals surface area (Å²) in [7, 11) is -3.50. The van der Waals surface area contributed by atoms with Crippen LogP contribution in [0.4, 0.5) is 13.2 Å². The van der Waals surface area contributed by atoms with Crippen LogP contribution < -0.4 is 0 Å². The maximum Gasteiger partial charge on any atom is 0.194 e. The molecule has 2 aromatic rings. The third kappa shape index (κ3) is 3.08. The van der Waals surface area contributed by atoms with Crippen molar-refractivity contribution in [3.8, 4) is 0 Å². The van der Waals surface area contributed by atoms with Gasteiger partial charge in [-0.2, -0.15) is 0 Å². The number of benzene rings is 2. The molecule has 2 rings (SSSR count). The topological polar surface area (TPSA) is 54.4 Å². The van der Waals surface area contributed by atoms with Gasteiger partial charge in [0.2, 0.25) is 0 Å². The molecule has 0 aromatic heterocycles. The van der Waals surface area contributed by atoms with Crippen LogP contribution >= 0.6 is 0 Å². The highest BCUT2D eigenvalue weighted by atomic mass is 32.2. The van der Waals surface area contributed by atoms with Crippen LogP contribution in [0.1, 0.15) is 17.2 Å². The van der Waals surface area contributed by atoms with Crippen LogP contribution in [0.25, 0.3) is 0 Å². The fraction of sp³-hybridized carbons (Fsp3) is 0.143. The van der Waals surface area contributed by atoms with Crippen molar-refractivity contribution < 1.29 is 26.7 Å². The summed E-state index contributed by atoms with van der Waals surface area (Å²) in [5.74, 6) is -4.56. The molecule has 1 N–H and O–H groups in total. The molecule has 3 nitrogen and oxygen atoms in total. The molecule has 1 unspecified atom stereocenters. The third-order valence-electron chi connectivity index (χ3n) is 2.96. The van der Waals surface area contributed by atoms with Crippen LogP contribution in [0.5, 0.6) is 0 Å².